The topological polar surface area (TPSA) is 43.4 Å². The van der Waals surface area contributed by atoms with Crippen molar-refractivity contribution in [1.29, 1.82) is 0 Å². The molecule has 0 aliphatic rings. The second kappa shape index (κ2) is 5.31. The summed E-state index contributed by atoms with van der Waals surface area (Å²) in [6, 6.07) is 7.01. The summed E-state index contributed by atoms with van der Waals surface area (Å²) in [4.78, 5) is 21.6. The molecular weight excluding hydrogens is 216 g/mol. The highest BCUT2D eigenvalue weighted by Crippen LogP contribution is 2.09. The van der Waals surface area contributed by atoms with Gasteiger partial charge in [0.25, 0.3) is 0 Å². The molecule has 0 spiro atoms. The van der Waals surface area contributed by atoms with E-state index in [-0.39, 0.29) is 5.97 Å². The van der Waals surface area contributed by atoms with Crippen LogP contribution in [0.2, 0.25) is 0 Å². The van der Waals surface area contributed by atoms with E-state index in [2.05, 4.69) is 11.8 Å². The van der Waals surface area contributed by atoms with E-state index in [1.165, 1.54) is 6.92 Å². The Labute approximate surface area is 101 Å². The summed E-state index contributed by atoms with van der Waals surface area (Å²) in [6.45, 7) is 4.73. The van der Waals surface area contributed by atoms with E-state index in [4.69, 9.17) is 4.74 Å². The van der Waals surface area contributed by atoms with Gasteiger partial charge >= 0.3 is 5.97 Å². The highest BCUT2D eigenvalue weighted by molar-refractivity contribution is 5.79. The predicted octanol–water partition coefficient (Wildman–Crippen LogP) is 2.19. The molecule has 0 N–H and O–H groups in total. The summed E-state index contributed by atoms with van der Waals surface area (Å²) in [5.74, 6) is 5.30. The van der Waals surface area contributed by atoms with Crippen LogP contribution in [0.1, 0.15) is 36.7 Å². The molecule has 0 amide bonds. The zero-order valence-corrected chi connectivity index (χ0v) is 10.1. The molecule has 0 aliphatic carbocycles. The molecule has 0 saturated carbocycles. The van der Waals surface area contributed by atoms with Crippen molar-refractivity contribution in [3.63, 3.8) is 0 Å². The zero-order valence-electron chi connectivity index (χ0n) is 10.1. The van der Waals surface area contributed by atoms with E-state index in [1.807, 2.05) is 0 Å². The van der Waals surface area contributed by atoms with Crippen molar-refractivity contribution in [3.8, 4) is 11.8 Å². The van der Waals surface area contributed by atoms with E-state index in [0.717, 1.165) is 6.29 Å². The molecule has 0 bridgehead atoms. The number of carbonyl (C=O) groups excluding carboxylic acids is 2. The lowest BCUT2D eigenvalue weighted by atomic mass is 10.1. The summed E-state index contributed by atoms with van der Waals surface area (Å²) in [6.07, 6.45) is 0.753. The van der Waals surface area contributed by atoms with Gasteiger partial charge in [0.2, 0.25) is 0 Å². The maximum Gasteiger partial charge on any atom is 0.304 e. The molecule has 0 aliphatic heterocycles. The quantitative estimate of drug-likeness (QED) is 0.444. The van der Waals surface area contributed by atoms with Gasteiger partial charge in [-0.3, -0.25) is 9.59 Å². The maximum atomic E-state index is 10.8. The number of hydrogen-bond donors (Lipinski definition) is 0. The highest BCUT2D eigenvalue weighted by atomic mass is 16.6. The molecule has 1 rings (SSSR count). The molecule has 1 aromatic carbocycles. The Morgan fingerprint density at radius 2 is 2.00 bits per heavy atom. The van der Waals surface area contributed by atoms with Crippen molar-refractivity contribution in [2.75, 3.05) is 0 Å². The van der Waals surface area contributed by atoms with Gasteiger partial charge in [0.15, 0.2) is 11.9 Å². The van der Waals surface area contributed by atoms with E-state index in [0.29, 0.717) is 11.1 Å². The molecule has 0 heterocycles. The second-order valence-electron chi connectivity index (χ2n) is 4.06. The molecule has 0 fully saturated rings. The maximum absolute atomic E-state index is 10.8. The molecule has 3 heteroatoms. The van der Waals surface area contributed by atoms with Gasteiger partial charge in [-0.25, -0.2) is 0 Å². The minimum Gasteiger partial charge on any atom is -0.447 e. The van der Waals surface area contributed by atoms with Gasteiger partial charge in [0.05, 0.1) is 0 Å². The Balaban J connectivity index is 2.98. The first-order valence-corrected chi connectivity index (χ1v) is 5.21. The van der Waals surface area contributed by atoms with Gasteiger partial charge < -0.3 is 4.74 Å². The second-order valence-corrected chi connectivity index (χ2v) is 4.06. The van der Waals surface area contributed by atoms with Crippen molar-refractivity contribution in [2.24, 2.45) is 0 Å². The number of esters is 1. The van der Waals surface area contributed by atoms with Crippen molar-refractivity contribution >= 4 is 12.3 Å². The van der Waals surface area contributed by atoms with Gasteiger partial charge in [0, 0.05) is 18.1 Å². The Kier molecular flexibility index (Phi) is 4.06. The fraction of sp³-hybridized carbons (Fsp3) is 0.286. The fourth-order valence-corrected chi connectivity index (χ4v) is 1.32. The molecule has 88 valence electrons. The minimum atomic E-state index is -0.859. The predicted molar refractivity (Wildman–Crippen MR) is 64.6 cm³/mol. The Bertz CT molecular complexity index is 490. The number of hydrogen-bond acceptors (Lipinski definition) is 3. The van der Waals surface area contributed by atoms with Crippen LogP contribution in [0.5, 0.6) is 0 Å². The Hall–Kier alpha value is -2.08. The summed E-state index contributed by atoms with van der Waals surface area (Å²) in [5, 5.41) is 0. The van der Waals surface area contributed by atoms with Crippen LogP contribution in [0.15, 0.2) is 24.3 Å². The molecule has 0 radical (unpaired) electrons. The molecule has 1 aromatic rings. The number of ether oxygens (including phenoxy) is 1. The average Bonchev–Trinajstić information content (AvgIpc) is 2.25. The molecule has 0 saturated heterocycles. The minimum absolute atomic E-state index is 0.382. The molecule has 0 atom stereocenters. The van der Waals surface area contributed by atoms with E-state index < -0.39 is 5.60 Å². The zero-order chi connectivity index (χ0) is 12.9. The van der Waals surface area contributed by atoms with Gasteiger partial charge in [-0.2, -0.15) is 0 Å². The number of benzene rings is 1. The van der Waals surface area contributed by atoms with E-state index >= 15 is 0 Å². The smallest absolute Gasteiger partial charge is 0.304 e. The van der Waals surface area contributed by atoms with Crippen molar-refractivity contribution in [2.45, 2.75) is 26.4 Å². The number of carbonyl (C=O) groups is 2. The first kappa shape index (κ1) is 13.0. The van der Waals surface area contributed by atoms with Crippen LogP contribution in [-0.4, -0.2) is 17.9 Å². The molecular formula is C14H14O3. The standard InChI is InChI=1S/C14H14O3/c1-11(16)17-14(2,3)9-8-12-6-4-5-7-13(12)10-15/h4-7,10H,1-3H3. The lowest BCUT2D eigenvalue weighted by Crippen LogP contribution is -2.24. The largest absolute Gasteiger partial charge is 0.447 e. The SMILES string of the molecule is CC(=O)OC(C)(C)C#Cc1ccccc1C=O. The Morgan fingerprint density at radius 3 is 2.59 bits per heavy atom. The Morgan fingerprint density at radius 1 is 1.35 bits per heavy atom. The van der Waals surface area contributed by atoms with Crippen molar-refractivity contribution < 1.29 is 14.3 Å². The fourth-order valence-electron chi connectivity index (χ4n) is 1.32. The van der Waals surface area contributed by atoms with Gasteiger partial charge in [0.1, 0.15) is 0 Å². The van der Waals surface area contributed by atoms with Crippen LogP contribution >= 0.6 is 0 Å². The summed E-state index contributed by atoms with van der Waals surface area (Å²) in [7, 11) is 0. The summed E-state index contributed by atoms with van der Waals surface area (Å²) >= 11 is 0. The van der Waals surface area contributed by atoms with Crippen LogP contribution in [0.4, 0.5) is 0 Å². The van der Waals surface area contributed by atoms with Crippen LogP contribution in [0.25, 0.3) is 0 Å². The third-order valence-electron chi connectivity index (χ3n) is 1.98. The molecule has 17 heavy (non-hydrogen) atoms. The van der Waals surface area contributed by atoms with Crippen LogP contribution in [0, 0.1) is 11.8 Å². The third-order valence-corrected chi connectivity index (χ3v) is 1.98. The highest BCUT2D eigenvalue weighted by Gasteiger charge is 2.17. The lowest BCUT2D eigenvalue weighted by Gasteiger charge is -2.17. The first-order chi connectivity index (χ1) is 7.94. The molecule has 0 unspecified atom stereocenters. The van der Waals surface area contributed by atoms with Crippen LogP contribution < -0.4 is 0 Å². The first-order valence-electron chi connectivity index (χ1n) is 5.21. The van der Waals surface area contributed by atoms with Gasteiger partial charge in [-0.1, -0.05) is 30.0 Å². The van der Waals surface area contributed by atoms with E-state index in [1.54, 1.807) is 38.1 Å². The summed E-state index contributed by atoms with van der Waals surface area (Å²) in [5.41, 5.74) is 0.295. The molecule has 3 nitrogen and oxygen atoms in total. The van der Waals surface area contributed by atoms with Gasteiger partial charge in [-0.05, 0) is 19.9 Å². The van der Waals surface area contributed by atoms with Crippen LogP contribution in [-0.2, 0) is 9.53 Å². The van der Waals surface area contributed by atoms with Crippen molar-refractivity contribution in [3.05, 3.63) is 35.4 Å². The average molecular weight is 230 g/mol. The van der Waals surface area contributed by atoms with Gasteiger partial charge in [-0.15, -0.1) is 0 Å². The number of rotatable bonds is 2. The monoisotopic (exact) mass is 230 g/mol. The molecule has 0 aromatic heterocycles. The third kappa shape index (κ3) is 4.12. The number of aldehydes is 1. The van der Waals surface area contributed by atoms with Crippen LogP contribution in [0.3, 0.4) is 0 Å². The van der Waals surface area contributed by atoms with Crippen molar-refractivity contribution in [1.82, 2.24) is 0 Å². The lowest BCUT2D eigenvalue weighted by molar-refractivity contribution is -0.148. The summed E-state index contributed by atoms with van der Waals surface area (Å²) < 4.78 is 5.03. The normalized spacial score (nSPS) is 10.1. The van der Waals surface area contributed by atoms with E-state index in [9.17, 15) is 9.59 Å².